The fourth-order valence-corrected chi connectivity index (χ4v) is 1.91. The topological polar surface area (TPSA) is 40.5 Å². The summed E-state index contributed by atoms with van der Waals surface area (Å²) in [5.41, 5.74) is 1.72. The molecule has 0 radical (unpaired) electrons. The van der Waals surface area contributed by atoms with Gasteiger partial charge in [0.15, 0.2) is 0 Å². The van der Waals surface area contributed by atoms with Crippen molar-refractivity contribution >= 4 is 5.91 Å². The second-order valence-corrected chi connectivity index (χ2v) is 4.38. The van der Waals surface area contributed by atoms with Gasteiger partial charge in [-0.25, -0.2) is 5.06 Å². The van der Waals surface area contributed by atoms with Crippen molar-refractivity contribution in [2.24, 2.45) is 0 Å². The van der Waals surface area contributed by atoms with Gasteiger partial charge in [-0.05, 0) is 30.5 Å². The van der Waals surface area contributed by atoms with Crippen molar-refractivity contribution in [3.05, 3.63) is 71.8 Å². The monoisotopic (exact) mass is 255 g/mol. The molecule has 0 fully saturated rings. The van der Waals surface area contributed by atoms with Crippen LogP contribution >= 0.6 is 0 Å². The van der Waals surface area contributed by atoms with E-state index in [9.17, 15) is 10.0 Å². The molecule has 98 valence electrons. The highest BCUT2D eigenvalue weighted by atomic mass is 16.5. The molecule has 0 spiro atoms. The summed E-state index contributed by atoms with van der Waals surface area (Å²) in [6.45, 7) is 0.336. The summed E-state index contributed by atoms with van der Waals surface area (Å²) in [4.78, 5) is 11.9. The fraction of sp³-hybridized carbons (Fsp3) is 0.188. The molecule has 0 aliphatic rings. The number of amides is 1. The highest BCUT2D eigenvalue weighted by Gasteiger charge is 2.12. The van der Waals surface area contributed by atoms with Gasteiger partial charge in [0.2, 0.25) is 0 Å². The van der Waals surface area contributed by atoms with Crippen LogP contribution < -0.4 is 0 Å². The zero-order valence-corrected chi connectivity index (χ0v) is 10.7. The van der Waals surface area contributed by atoms with Crippen LogP contribution in [-0.4, -0.2) is 22.7 Å². The summed E-state index contributed by atoms with van der Waals surface area (Å²) in [6.07, 6.45) is 1.58. The van der Waals surface area contributed by atoms with Crippen molar-refractivity contribution in [3.8, 4) is 0 Å². The number of nitrogens with zero attached hydrogens (tertiary/aromatic N) is 1. The highest BCUT2D eigenvalue weighted by molar-refractivity contribution is 5.93. The van der Waals surface area contributed by atoms with E-state index in [2.05, 4.69) is 0 Å². The molecule has 0 atom stereocenters. The van der Waals surface area contributed by atoms with Crippen LogP contribution in [0.5, 0.6) is 0 Å². The normalized spacial score (nSPS) is 10.2. The first-order valence-electron chi connectivity index (χ1n) is 6.37. The van der Waals surface area contributed by atoms with Crippen LogP contribution in [0.25, 0.3) is 0 Å². The molecule has 0 aliphatic carbocycles. The van der Waals surface area contributed by atoms with Gasteiger partial charge < -0.3 is 0 Å². The minimum absolute atomic E-state index is 0.336. The first-order chi connectivity index (χ1) is 9.27. The van der Waals surface area contributed by atoms with Crippen molar-refractivity contribution in [2.75, 3.05) is 6.54 Å². The molecule has 0 aliphatic heterocycles. The lowest BCUT2D eigenvalue weighted by atomic mass is 10.1. The van der Waals surface area contributed by atoms with Gasteiger partial charge in [-0.3, -0.25) is 10.0 Å². The number of carbonyl (C=O) groups excluding carboxylic acids is 1. The Balaban J connectivity index is 1.82. The molecule has 2 rings (SSSR count). The third-order valence-corrected chi connectivity index (χ3v) is 2.93. The van der Waals surface area contributed by atoms with Crippen LogP contribution in [0, 0.1) is 0 Å². The molecule has 3 heteroatoms. The maximum absolute atomic E-state index is 11.9. The van der Waals surface area contributed by atoms with Crippen LogP contribution in [0.1, 0.15) is 22.3 Å². The maximum atomic E-state index is 11.9. The summed E-state index contributed by atoms with van der Waals surface area (Å²) < 4.78 is 0. The van der Waals surface area contributed by atoms with Crippen LogP contribution in [0.3, 0.4) is 0 Å². The molecular weight excluding hydrogens is 238 g/mol. The van der Waals surface area contributed by atoms with Gasteiger partial charge in [-0.1, -0.05) is 48.5 Å². The molecule has 1 amide bonds. The molecule has 3 nitrogen and oxygen atoms in total. The summed E-state index contributed by atoms with van der Waals surface area (Å²) >= 11 is 0. The van der Waals surface area contributed by atoms with E-state index in [1.165, 1.54) is 5.56 Å². The van der Waals surface area contributed by atoms with E-state index < -0.39 is 0 Å². The van der Waals surface area contributed by atoms with Gasteiger partial charge in [0.25, 0.3) is 5.91 Å². The molecule has 2 aromatic rings. The van der Waals surface area contributed by atoms with Crippen LogP contribution in [-0.2, 0) is 6.42 Å². The van der Waals surface area contributed by atoms with E-state index in [4.69, 9.17) is 0 Å². The number of hydrogen-bond acceptors (Lipinski definition) is 2. The molecule has 0 unspecified atom stereocenters. The number of benzene rings is 2. The highest BCUT2D eigenvalue weighted by Crippen LogP contribution is 2.06. The lowest BCUT2D eigenvalue weighted by molar-refractivity contribution is -0.0585. The first kappa shape index (κ1) is 13.3. The zero-order chi connectivity index (χ0) is 13.5. The summed E-state index contributed by atoms with van der Waals surface area (Å²) in [5.74, 6) is -0.353. The van der Waals surface area contributed by atoms with Gasteiger partial charge in [-0.15, -0.1) is 0 Å². The fourth-order valence-electron chi connectivity index (χ4n) is 1.91. The Bertz CT molecular complexity index is 511. The quantitative estimate of drug-likeness (QED) is 0.658. The minimum Gasteiger partial charge on any atom is -0.286 e. The lowest BCUT2D eigenvalue weighted by Crippen LogP contribution is -2.28. The number of hydroxylamine groups is 2. The smallest absolute Gasteiger partial charge is 0.277 e. The second-order valence-electron chi connectivity index (χ2n) is 4.38. The minimum atomic E-state index is -0.353. The maximum Gasteiger partial charge on any atom is 0.277 e. The average Bonchev–Trinajstić information content (AvgIpc) is 2.48. The Morgan fingerprint density at radius 1 is 0.947 bits per heavy atom. The van der Waals surface area contributed by atoms with Crippen LogP contribution in [0.15, 0.2) is 60.7 Å². The molecule has 0 aromatic heterocycles. The second kappa shape index (κ2) is 6.71. The number of carbonyl (C=O) groups is 1. The first-order valence-corrected chi connectivity index (χ1v) is 6.37. The van der Waals surface area contributed by atoms with Crippen molar-refractivity contribution in [2.45, 2.75) is 12.8 Å². The van der Waals surface area contributed by atoms with Crippen molar-refractivity contribution in [1.82, 2.24) is 5.06 Å². The predicted molar refractivity (Wildman–Crippen MR) is 74.0 cm³/mol. The molecule has 0 heterocycles. The molecule has 2 aromatic carbocycles. The predicted octanol–water partition coefficient (Wildman–Crippen LogP) is 3.15. The van der Waals surface area contributed by atoms with Gasteiger partial charge in [0.05, 0.1) is 0 Å². The summed E-state index contributed by atoms with van der Waals surface area (Å²) in [6, 6.07) is 18.8. The van der Waals surface area contributed by atoms with E-state index in [1.807, 2.05) is 36.4 Å². The Kier molecular flexibility index (Phi) is 4.70. The molecule has 0 saturated carbocycles. The van der Waals surface area contributed by atoms with E-state index in [0.717, 1.165) is 17.9 Å². The Hall–Kier alpha value is -2.13. The van der Waals surface area contributed by atoms with E-state index >= 15 is 0 Å². The van der Waals surface area contributed by atoms with Crippen molar-refractivity contribution < 1.29 is 10.0 Å². The number of hydrogen-bond donors (Lipinski definition) is 1. The van der Waals surface area contributed by atoms with E-state index in [1.54, 1.807) is 24.3 Å². The third-order valence-electron chi connectivity index (χ3n) is 2.93. The number of rotatable bonds is 5. The largest absolute Gasteiger partial charge is 0.286 e. The Labute approximate surface area is 113 Å². The molecule has 0 saturated heterocycles. The van der Waals surface area contributed by atoms with Crippen LogP contribution in [0.4, 0.5) is 0 Å². The molecule has 19 heavy (non-hydrogen) atoms. The molecular formula is C16H17NO2. The lowest BCUT2D eigenvalue weighted by Gasteiger charge is -2.14. The Morgan fingerprint density at radius 2 is 1.53 bits per heavy atom. The van der Waals surface area contributed by atoms with Crippen LogP contribution in [0.2, 0.25) is 0 Å². The van der Waals surface area contributed by atoms with Gasteiger partial charge in [0.1, 0.15) is 0 Å². The SMILES string of the molecule is O=C(c1ccccc1)N(O)CCCc1ccccc1. The average molecular weight is 255 g/mol. The van der Waals surface area contributed by atoms with Gasteiger partial charge in [0, 0.05) is 12.1 Å². The zero-order valence-electron chi connectivity index (χ0n) is 10.7. The standard InChI is InChI=1S/C16H17NO2/c18-16(15-11-5-2-6-12-15)17(19)13-7-10-14-8-3-1-4-9-14/h1-6,8-9,11-12,19H,7,10,13H2. The number of aryl methyl sites for hydroxylation is 1. The molecule has 0 bridgehead atoms. The summed E-state index contributed by atoms with van der Waals surface area (Å²) in [5, 5.41) is 10.5. The van der Waals surface area contributed by atoms with Gasteiger partial charge >= 0.3 is 0 Å². The van der Waals surface area contributed by atoms with Crippen molar-refractivity contribution in [3.63, 3.8) is 0 Å². The van der Waals surface area contributed by atoms with Gasteiger partial charge in [-0.2, -0.15) is 0 Å². The van der Waals surface area contributed by atoms with Crippen molar-refractivity contribution in [1.29, 1.82) is 0 Å². The molecule has 1 N–H and O–H groups in total. The Morgan fingerprint density at radius 3 is 2.16 bits per heavy atom. The van der Waals surface area contributed by atoms with E-state index in [-0.39, 0.29) is 5.91 Å². The third kappa shape index (κ3) is 3.93. The van der Waals surface area contributed by atoms with E-state index in [0.29, 0.717) is 12.1 Å². The summed E-state index contributed by atoms with van der Waals surface area (Å²) in [7, 11) is 0.